The van der Waals surface area contributed by atoms with E-state index in [-0.39, 0.29) is 27.9 Å². The Balaban J connectivity index is 1.94. The Labute approximate surface area is 220 Å². The van der Waals surface area contributed by atoms with Crippen molar-refractivity contribution in [3.8, 4) is 0 Å². The number of carbonyl (C=O) groups excluding carboxylic acids is 3. The minimum absolute atomic E-state index is 0.0125. The van der Waals surface area contributed by atoms with Crippen molar-refractivity contribution in [3.63, 3.8) is 0 Å². The van der Waals surface area contributed by atoms with Crippen molar-refractivity contribution in [1.82, 2.24) is 4.98 Å². The number of amides is 1. The largest absolute Gasteiger partial charge is 0.507 e. The maximum atomic E-state index is 13.5. The summed E-state index contributed by atoms with van der Waals surface area (Å²) in [5.74, 6) is -2.09. The predicted octanol–water partition coefficient (Wildman–Crippen LogP) is 5.99. The van der Waals surface area contributed by atoms with E-state index < -0.39 is 23.7 Å². The van der Waals surface area contributed by atoms with Crippen molar-refractivity contribution in [3.05, 3.63) is 86.4 Å². The molecule has 0 radical (unpaired) electrons. The van der Waals surface area contributed by atoms with Crippen LogP contribution in [0.5, 0.6) is 0 Å². The van der Waals surface area contributed by atoms with Gasteiger partial charge in [-0.05, 0) is 56.4 Å². The van der Waals surface area contributed by atoms with E-state index in [9.17, 15) is 19.5 Å². The van der Waals surface area contributed by atoms with E-state index in [0.29, 0.717) is 22.7 Å². The number of carbonyl (C=O) groups is 3. The van der Waals surface area contributed by atoms with Crippen LogP contribution in [0.3, 0.4) is 0 Å². The predicted molar refractivity (Wildman–Crippen MR) is 144 cm³/mol. The van der Waals surface area contributed by atoms with Gasteiger partial charge in [0.2, 0.25) is 0 Å². The summed E-state index contributed by atoms with van der Waals surface area (Å²) >= 11 is 0.995. The summed E-state index contributed by atoms with van der Waals surface area (Å²) in [6.45, 7) is 11.5. The minimum atomic E-state index is -0.915. The molecule has 1 aliphatic heterocycles. The van der Waals surface area contributed by atoms with Crippen LogP contribution in [0.1, 0.15) is 75.9 Å². The maximum absolute atomic E-state index is 13.5. The van der Waals surface area contributed by atoms with E-state index in [1.165, 1.54) is 4.90 Å². The van der Waals surface area contributed by atoms with Crippen LogP contribution in [0.25, 0.3) is 5.76 Å². The van der Waals surface area contributed by atoms with Gasteiger partial charge < -0.3 is 9.84 Å². The lowest BCUT2D eigenvalue weighted by Crippen LogP contribution is -2.29. The molecule has 37 heavy (non-hydrogen) atoms. The van der Waals surface area contributed by atoms with E-state index in [0.717, 1.165) is 28.0 Å². The van der Waals surface area contributed by atoms with Crippen molar-refractivity contribution >= 4 is 39.9 Å². The molecular weight excluding hydrogens is 488 g/mol. The van der Waals surface area contributed by atoms with E-state index in [2.05, 4.69) is 18.8 Å². The number of aliphatic hydroxyl groups excluding tert-OH is 1. The second-order valence-electron chi connectivity index (χ2n) is 9.44. The Morgan fingerprint density at radius 3 is 2.41 bits per heavy atom. The molecule has 7 nitrogen and oxygen atoms in total. The number of Topliss-reactive ketones (excluding diaryl/α,β-unsaturated/α-hetero) is 1. The first-order valence-electron chi connectivity index (χ1n) is 12.2. The topological polar surface area (TPSA) is 96.8 Å². The number of aryl methyl sites for hydroxylation is 3. The lowest BCUT2D eigenvalue weighted by atomic mass is 9.92. The van der Waals surface area contributed by atoms with Crippen molar-refractivity contribution in [2.75, 3.05) is 11.5 Å². The van der Waals surface area contributed by atoms with E-state index >= 15 is 0 Å². The van der Waals surface area contributed by atoms with Crippen LogP contribution < -0.4 is 4.90 Å². The number of hydrogen-bond donors (Lipinski definition) is 1. The normalized spacial score (nSPS) is 17.1. The Morgan fingerprint density at radius 2 is 1.78 bits per heavy atom. The number of aliphatic hydroxyl groups is 1. The second kappa shape index (κ2) is 10.3. The van der Waals surface area contributed by atoms with Crippen molar-refractivity contribution < 1.29 is 24.2 Å². The monoisotopic (exact) mass is 518 g/mol. The zero-order valence-electron chi connectivity index (χ0n) is 21.8. The van der Waals surface area contributed by atoms with Gasteiger partial charge >= 0.3 is 11.9 Å². The molecule has 4 rings (SSSR count). The van der Waals surface area contributed by atoms with E-state index in [4.69, 9.17) is 4.74 Å². The smallest absolute Gasteiger partial charge is 0.350 e. The highest BCUT2D eigenvalue weighted by molar-refractivity contribution is 7.17. The number of ketones is 1. The summed E-state index contributed by atoms with van der Waals surface area (Å²) in [4.78, 5) is 45.4. The van der Waals surface area contributed by atoms with Gasteiger partial charge in [-0.15, -0.1) is 0 Å². The van der Waals surface area contributed by atoms with Crippen LogP contribution >= 0.6 is 11.3 Å². The lowest BCUT2D eigenvalue weighted by Gasteiger charge is -2.23. The standard InChI is InChI=1S/C29H30N2O5S/c1-7-36-28(35)26-18(6)30-29(37-26)31-23(20-12-10-19(11-13-20)15(2)3)22(25(33)27(31)34)24(32)21-14-16(4)8-9-17(21)5/h8-15,23,32H,7H2,1-6H3/b24-22+. The number of aromatic nitrogens is 1. The van der Waals surface area contributed by atoms with Gasteiger partial charge in [0.15, 0.2) is 5.13 Å². The Kier molecular flexibility index (Phi) is 7.32. The van der Waals surface area contributed by atoms with Gasteiger partial charge in [0.1, 0.15) is 10.6 Å². The third kappa shape index (κ3) is 4.81. The van der Waals surface area contributed by atoms with Gasteiger partial charge in [-0.2, -0.15) is 0 Å². The molecule has 0 bridgehead atoms. The number of benzene rings is 2. The Hall–Kier alpha value is -3.78. The Morgan fingerprint density at radius 1 is 1.11 bits per heavy atom. The quantitative estimate of drug-likeness (QED) is 0.186. The van der Waals surface area contributed by atoms with Crippen LogP contribution in [0.15, 0.2) is 48.0 Å². The molecule has 192 valence electrons. The van der Waals surface area contributed by atoms with Gasteiger partial charge in [0.05, 0.1) is 23.9 Å². The first kappa shape index (κ1) is 26.3. The molecular formula is C29H30N2O5S. The van der Waals surface area contributed by atoms with Crippen LogP contribution in [-0.2, 0) is 14.3 Å². The molecule has 1 amide bonds. The first-order chi connectivity index (χ1) is 17.5. The number of rotatable bonds is 6. The zero-order chi connectivity index (χ0) is 27.0. The third-order valence-corrected chi connectivity index (χ3v) is 7.60. The van der Waals surface area contributed by atoms with Crippen molar-refractivity contribution in [1.29, 1.82) is 0 Å². The van der Waals surface area contributed by atoms with Crippen LogP contribution in [0.2, 0.25) is 0 Å². The highest BCUT2D eigenvalue weighted by Gasteiger charge is 2.48. The molecule has 8 heteroatoms. The first-order valence-corrected chi connectivity index (χ1v) is 13.0. The minimum Gasteiger partial charge on any atom is -0.507 e. The molecule has 1 fully saturated rings. The Bertz CT molecular complexity index is 1420. The molecule has 1 unspecified atom stereocenters. The van der Waals surface area contributed by atoms with Crippen LogP contribution in [0, 0.1) is 20.8 Å². The fraction of sp³-hybridized carbons (Fsp3) is 0.310. The van der Waals surface area contributed by atoms with Crippen molar-refractivity contribution in [2.45, 2.75) is 53.5 Å². The average molecular weight is 519 g/mol. The molecule has 0 aliphatic carbocycles. The van der Waals surface area contributed by atoms with Crippen molar-refractivity contribution in [2.24, 2.45) is 0 Å². The maximum Gasteiger partial charge on any atom is 0.350 e. The number of hydrogen-bond acceptors (Lipinski definition) is 7. The number of ether oxygens (including phenoxy) is 1. The summed E-state index contributed by atoms with van der Waals surface area (Å²) in [5, 5.41) is 11.7. The fourth-order valence-corrected chi connectivity index (χ4v) is 5.40. The molecule has 0 saturated carbocycles. The summed E-state index contributed by atoms with van der Waals surface area (Å²) in [6, 6.07) is 12.3. The van der Waals surface area contributed by atoms with Crippen LogP contribution in [-0.4, -0.2) is 34.4 Å². The number of nitrogens with zero attached hydrogens (tertiary/aromatic N) is 2. The highest BCUT2D eigenvalue weighted by Crippen LogP contribution is 2.44. The molecule has 1 atom stereocenters. The molecule has 2 heterocycles. The number of thiazole rings is 1. The molecule has 1 aromatic heterocycles. The highest BCUT2D eigenvalue weighted by atomic mass is 32.1. The summed E-state index contributed by atoms with van der Waals surface area (Å²) in [6.07, 6.45) is 0. The fourth-order valence-electron chi connectivity index (χ4n) is 4.42. The molecule has 1 aliphatic rings. The SMILES string of the molecule is CCOC(=O)c1sc(N2C(=O)C(=O)/C(=C(/O)c3cc(C)ccc3C)C2c2ccc(C(C)C)cc2)nc1C. The second-order valence-corrected chi connectivity index (χ2v) is 10.4. The van der Waals surface area contributed by atoms with Gasteiger partial charge in [0, 0.05) is 5.56 Å². The summed E-state index contributed by atoms with van der Waals surface area (Å²) < 4.78 is 5.13. The van der Waals surface area contributed by atoms with E-state index in [1.807, 2.05) is 50.2 Å². The van der Waals surface area contributed by atoms with Gasteiger partial charge in [-0.1, -0.05) is 67.1 Å². The van der Waals surface area contributed by atoms with Gasteiger partial charge in [-0.25, -0.2) is 9.78 Å². The van der Waals surface area contributed by atoms with Gasteiger partial charge in [0.25, 0.3) is 5.78 Å². The molecule has 0 spiro atoms. The molecule has 3 aromatic rings. The molecule has 1 N–H and O–H groups in total. The molecule has 1 saturated heterocycles. The van der Waals surface area contributed by atoms with Crippen LogP contribution in [0.4, 0.5) is 5.13 Å². The average Bonchev–Trinajstić information content (AvgIpc) is 3.37. The third-order valence-electron chi connectivity index (χ3n) is 6.46. The zero-order valence-corrected chi connectivity index (χ0v) is 22.6. The molecule has 2 aromatic carbocycles. The van der Waals surface area contributed by atoms with Gasteiger partial charge in [-0.3, -0.25) is 14.5 Å². The lowest BCUT2D eigenvalue weighted by molar-refractivity contribution is -0.132. The number of esters is 1. The number of anilines is 1. The summed E-state index contributed by atoms with van der Waals surface area (Å²) in [5.41, 5.74) is 4.33. The summed E-state index contributed by atoms with van der Waals surface area (Å²) in [7, 11) is 0. The van der Waals surface area contributed by atoms with E-state index in [1.54, 1.807) is 19.9 Å².